The predicted molar refractivity (Wildman–Crippen MR) is 86.6 cm³/mol. The van der Waals surface area contributed by atoms with Crippen LogP contribution < -0.4 is 10.6 Å². The van der Waals surface area contributed by atoms with E-state index in [1.54, 1.807) is 20.8 Å². The number of methoxy groups -OCH3 is 1. The molecule has 0 aromatic heterocycles. The van der Waals surface area contributed by atoms with Crippen LogP contribution in [0.5, 0.6) is 0 Å². The minimum absolute atomic E-state index is 0.0638. The van der Waals surface area contributed by atoms with E-state index in [1.165, 1.54) is 7.11 Å². The molecule has 0 radical (unpaired) electrons. The van der Waals surface area contributed by atoms with Crippen LogP contribution in [0.3, 0.4) is 0 Å². The lowest BCUT2D eigenvalue weighted by molar-refractivity contribution is -0.142. The molecule has 9 heteroatoms. The lowest BCUT2D eigenvalue weighted by Crippen LogP contribution is -2.50. The summed E-state index contributed by atoms with van der Waals surface area (Å²) < 4.78 is 23.7. The van der Waals surface area contributed by atoms with Gasteiger partial charge < -0.3 is 20.1 Å². The molecule has 4 atom stereocenters. The van der Waals surface area contributed by atoms with Crippen molar-refractivity contribution in [3.8, 4) is 0 Å². The van der Waals surface area contributed by atoms with Crippen molar-refractivity contribution < 1.29 is 28.2 Å². The van der Waals surface area contributed by atoms with Crippen molar-refractivity contribution in [3.05, 3.63) is 0 Å². The Hall–Kier alpha value is -1.90. The fourth-order valence-corrected chi connectivity index (χ4v) is 3.02. The number of carbonyl (C=O) groups is 3. The maximum absolute atomic E-state index is 13.8. The summed E-state index contributed by atoms with van der Waals surface area (Å²) in [5.74, 6) is -0.833. The van der Waals surface area contributed by atoms with E-state index in [9.17, 15) is 18.8 Å². The summed E-state index contributed by atoms with van der Waals surface area (Å²) in [7, 11) is 1.30. The highest BCUT2D eigenvalue weighted by atomic mass is 19.1. The van der Waals surface area contributed by atoms with Crippen molar-refractivity contribution in [2.45, 2.75) is 63.5 Å². The van der Waals surface area contributed by atoms with E-state index in [0.29, 0.717) is 13.0 Å². The molecule has 2 saturated heterocycles. The van der Waals surface area contributed by atoms with Gasteiger partial charge in [0.15, 0.2) is 0 Å². The zero-order valence-electron chi connectivity index (χ0n) is 15.0. The van der Waals surface area contributed by atoms with Gasteiger partial charge in [-0.2, -0.15) is 0 Å². The monoisotopic (exact) mass is 359 g/mol. The quantitative estimate of drug-likeness (QED) is 0.706. The third-order valence-corrected chi connectivity index (χ3v) is 4.14. The Morgan fingerprint density at radius 2 is 1.92 bits per heavy atom. The van der Waals surface area contributed by atoms with Gasteiger partial charge >= 0.3 is 12.1 Å². The van der Waals surface area contributed by atoms with E-state index in [0.717, 1.165) is 4.90 Å². The minimum Gasteiger partial charge on any atom is -0.468 e. The number of hydrogen-bond acceptors (Lipinski definition) is 6. The Morgan fingerprint density at radius 1 is 1.24 bits per heavy atom. The zero-order chi connectivity index (χ0) is 18.8. The third-order valence-electron chi connectivity index (χ3n) is 4.14. The maximum Gasteiger partial charge on any atom is 0.411 e. The number of rotatable bonds is 3. The fraction of sp³-hybridized carbons (Fsp3) is 0.812. The molecular weight excluding hydrogens is 333 g/mol. The van der Waals surface area contributed by atoms with Gasteiger partial charge in [-0.05, 0) is 27.2 Å². The highest BCUT2D eigenvalue weighted by Crippen LogP contribution is 2.24. The number of esters is 1. The van der Waals surface area contributed by atoms with Crippen LogP contribution in [0.2, 0.25) is 0 Å². The summed E-state index contributed by atoms with van der Waals surface area (Å²) in [6.45, 7) is 5.37. The van der Waals surface area contributed by atoms with Gasteiger partial charge in [-0.15, -0.1) is 0 Å². The molecule has 2 rings (SSSR count). The number of nitrogens with zero attached hydrogens (tertiary/aromatic N) is 1. The lowest BCUT2D eigenvalue weighted by Gasteiger charge is -2.28. The van der Waals surface area contributed by atoms with Crippen LogP contribution in [0.1, 0.15) is 33.6 Å². The van der Waals surface area contributed by atoms with E-state index in [4.69, 9.17) is 4.74 Å². The minimum atomic E-state index is -1.27. The molecule has 142 valence electrons. The summed E-state index contributed by atoms with van der Waals surface area (Å²) >= 11 is 0. The normalized spacial score (nSPS) is 29.4. The topological polar surface area (TPSA) is 97.0 Å². The largest absolute Gasteiger partial charge is 0.468 e. The Kier molecular flexibility index (Phi) is 5.87. The number of ether oxygens (including phenoxy) is 2. The number of halogens is 1. The number of hydrogen-bond donors (Lipinski definition) is 2. The Labute approximate surface area is 146 Å². The second-order valence-corrected chi connectivity index (χ2v) is 7.41. The molecule has 2 heterocycles. The van der Waals surface area contributed by atoms with Gasteiger partial charge in [-0.3, -0.25) is 14.5 Å². The molecule has 0 bridgehead atoms. The Morgan fingerprint density at radius 3 is 2.52 bits per heavy atom. The van der Waals surface area contributed by atoms with E-state index < -0.39 is 41.8 Å². The van der Waals surface area contributed by atoms with Crippen molar-refractivity contribution >= 4 is 18.0 Å². The fourth-order valence-electron chi connectivity index (χ4n) is 3.02. The van der Waals surface area contributed by atoms with Gasteiger partial charge in [0.05, 0.1) is 13.7 Å². The summed E-state index contributed by atoms with van der Waals surface area (Å²) in [5.41, 5.74) is -0.727. The predicted octanol–water partition coefficient (Wildman–Crippen LogP) is 0.354. The molecule has 0 aromatic rings. The molecule has 0 aromatic carbocycles. The van der Waals surface area contributed by atoms with E-state index in [2.05, 4.69) is 15.4 Å². The number of amides is 2. The summed E-state index contributed by atoms with van der Waals surface area (Å²) in [6.07, 6.45) is -1.65. The SMILES string of the molecule is COC(=O)[C@H]1C[C@@H](NC(=O)[C@@H]2C[C@H](F)CN2C(=O)OC(C)(C)C)CN1. The maximum atomic E-state index is 13.8. The zero-order valence-corrected chi connectivity index (χ0v) is 15.0. The molecule has 25 heavy (non-hydrogen) atoms. The van der Waals surface area contributed by atoms with Crippen molar-refractivity contribution in [3.63, 3.8) is 0 Å². The van der Waals surface area contributed by atoms with Crippen LogP contribution in [0, 0.1) is 0 Å². The molecule has 2 aliphatic heterocycles. The average molecular weight is 359 g/mol. The van der Waals surface area contributed by atoms with Gasteiger partial charge in [0.25, 0.3) is 0 Å². The van der Waals surface area contributed by atoms with Crippen LogP contribution in [-0.2, 0) is 19.1 Å². The van der Waals surface area contributed by atoms with Crippen LogP contribution in [0.25, 0.3) is 0 Å². The molecule has 8 nitrogen and oxygen atoms in total. The van der Waals surface area contributed by atoms with Crippen molar-refractivity contribution in [2.75, 3.05) is 20.2 Å². The highest BCUT2D eigenvalue weighted by Gasteiger charge is 2.43. The van der Waals surface area contributed by atoms with Gasteiger partial charge in [-0.1, -0.05) is 0 Å². The van der Waals surface area contributed by atoms with Gasteiger partial charge in [0.2, 0.25) is 5.91 Å². The molecule has 0 spiro atoms. The average Bonchev–Trinajstić information content (AvgIpc) is 3.11. The van der Waals surface area contributed by atoms with Crippen LogP contribution in [0.15, 0.2) is 0 Å². The third kappa shape index (κ3) is 5.04. The number of nitrogens with one attached hydrogen (secondary N) is 2. The Balaban J connectivity index is 1.95. The molecule has 0 unspecified atom stereocenters. The van der Waals surface area contributed by atoms with Crippen LogP contribution in [0.4, 0.5) is 9.18 Å². The van der Waals surface area contributed by atoms with Crippen molar-refractivity contribution in [1.29, 1.82) is 0 Å². The Bertz CT molecular complexity index is 536. The molecule has 0 aliphatic carbocycles. The molecule has 2 amide bonds. The second-order valence-electron chi connectivity index (χ2n) is 7.41. The van der Waals surface area contributed by atoms with E-state index in [1.807, 2.05) is 0 Å². The van der Waals surface area contributed by atoms with Crippen molar-refractivity contribution in [1.82, 2.24) is 15.5 Å². The summed E-state index contributed by atoms with van der Waals surface area (Å²) in [4.78, 5) is 37.4. The van der Waals surface area contributed by atoms with Gasteiger partial charge in [-0.25, -0.2) is 9.18 Å². The second kappa shape index (κ2) is 7.55. The van der Waals surface area contributed by atoms with E-state index >= 15 is 0 Å². The van der Waals surface area contributed by atoms with Crippen LogP contribution in [-0.4, -0.2) is 73.0 Å². The first-order valence-electron chi connectivity index (χ1n) is 8.36. The first kappa shape index (κ1) is 19.4. The molecule has 2 fully saturated rings. The van der Waals surface area contributed by atoms with Crippen molar-refractivity contribution in [2.24, 2.45) is 0 Å². The van der Waals surface area contributed by atoms with Crippen LogP contribution >= 0.6 is 0 Å². The summed E-state index contributed by atoms with van der Waals surface area (Å²) in [6, 6.07) is -1.67. The number of likely N-dealkylation sites (tertiary alicyclic amines) is 1. The number of alkyl halides is 1. The molecule has 2 aliphatic rings. The molecule has 0 saturated carbocycles. The highest BCUT2D eigenvalue weighted by molar-refractivity contribution is 5.87. The van der Waals surface area contributed by atoms with Gasteiger partial charge in [0, 0.05) is 19.0 Å². The first-order chi connectivity index (χ1) is 11.6. The summed E-state index contributed by atoms with van der Waals surface area (Å²) in [5, 5.41) is 5.73. The van der Waals surface area contributed by atoms with Gasteiger partial charge in [0.1, 0.15) is 23.9 Å². The smallest absolute Gasteiger partial charge is 0.411 e. The van der Waals surface area contributed by atoms with E-state index in [-0.39, 0.29) is 19.0 Å². The molecular formula is C16H26FN3O5. The number of carbonyl (C=O) groups excluding carboxylic acids is 3. The first-order valence-corrected chi connectivity index (χ1v) is 8.36. The standard InChI is InChI=1S/C16H26FN3O5/c1-16(2,3)25-15(23)20-8-9(17)5-12(20)13(21)19-10-6-11(18-7-10)14(22)24-4/h9-12,18H,5-8H2,1-4H3,(H,19,21)/t9-,10+,11+,12-/m0/s1. The molecule has 2 N–H and O–H groups in total. The lowest BCUT2D eigenvalue weighted by atomic mass is 10.1.